The van der Waals surface area contributed by atoms with Gasteiger partial charge in [0.1, 0.15) is 78.3 Å². The lowest BCUT2D eigenvalue weighted by molar-refractivity contribution is -0.149. The Morgan fingerprint density at radius 1 is 0.558 bits per heavy atom. The number of rotatable bonds is 42. The number of hydrogen-bond donors (Lipinski definition) is 21. The molecule has 2 aromatic rings. The van der Waals surface area contributed by atoms with Gasteiger partial charge in [0.25, 0.3) is 0 Å². The second-order valence-corrected chi connectivity index (χ2v) is 26.6. The van der Waals surface area contributed by atoms with Crippen molar-refractivity contribution >= 4 is 114 Å². The molecule has 0 bridgehead atoms. The molecule has 12 amide bonds. The SMILES string of the molecule is CC[C@H](C)[C@H](NC(=O)[C@@H]1CCCN1C(=O)[C@@H]1CCCN1C(=O)[C@@H](NC(=O)[C@H](CO)NC(=O)[C@H](Cc1ccc(O)cc1)NC(=O)[C@@H](NC(=O)[C@H](C)NC(=O)[C@H](CCCNC(=N)N)NC(=O)[C@H](CCC(=O)O)NC(=O)[C@@H](N)CS)[C@@H](C)O)[C@@H](C)CC)C(=O)N[C@@H](CS)C(=O)N[C@@H](Cc1ccccc1)C(=O)O. The molecule has 0 radical (unpaired) electrons. The number of aliphatic hydroxyl groups excluding tert-OH is 2. The highest BCUT2D eigenvalue weighted by Crippen LogP contribution is 2.28. The van der Waals surface area contributed by atoms with E-state index in [1.165, 1.54) is 41.0 Å². The molecule has 0 aliphatic carbocycles. The molecular weight excluding hydrogens is 1400 g/mol. The molecule has 2 aromatic carbocycles. The summed E-state index contributed by atoms with van der Waals surface area (Å²) >= 11 is 8.23. The fraction of sp³-hybridized carbons (Fsp3) is 0.597. The number of phenolic OH excluding ortho intramolecular Hbond substituents is 1. The number of aliphatic carboxylic acids is 2. The Kier molecular flexibility index (Phi) is 36.1. The number of benzene rings is 2. The normalized spacial score (nSPS) is 18.1. The van der Waals surface area contributed by atoms with Crippen molar-refractivity contribution < 1.29 is 92.7 Å². The van der Waals surface area contributed by atoms with Gasteiger partial charge in [-0.05, 0) is 93.9 Å². The number of aromatic hydroxyl groups is 1. The van der Waals surface area contributed by atoms with E-state index in [9.17, 15) is 92.7 Å². The summed E-state index contributed by atoms with van der Waals surface area (Å²) in [4.78, 5) is 195. The molecule has 2 aliphatic rings. The zero-order chi connectivity index (χ0) is 77.7. The molecule has 2 fully saturated rings. The van der Waals surface area contributed by atoms with Gasteiger partial charge in [-0.1, -0.05) is 83.0 Å². The number of carbonyl (C=O) groups excluding carboxylic acids is 12. The van der Waals surface area contributed by atoms with Crippen molar-refractivity contribution in [3.63, 3.8) is 0 Å². The number of amides is 12. The first-order valence-corrected chi connectivity index (χ1v) is 35.7. The molecule has 576 valence electrons. The molecule has 16 atom stereocenters. The first-order valence-electron chi connectivity index (χ1n) is 34.5. The lowest BCUT2D eigenvalue weighted by Gasteiger charge is -2.35. The Morgan fingerprint density at radius 3 is 1.62 bits per heavy atom. The lowest BCUT2D eigenvalue weighted by atomic mass is 9.96. The van der Waals surface area contributed by atoms with Gasteiger partial charge in [0.2, 0.25) is 70.9 Å². The summed E-state index contributed by atoms with van der Waals surface area (Å²) in [6.45, 7) is 8.29. The molecule has 0 aromatic heterocycles. The summed E-state index contributed by atoms with van der Waals surface area (Å²) in [5, 5.41) is 85.8. The van der Waals surface area contributed by atoms with E-state index in [1.807, 2.05) is 0 Å². The summed E-state index contributed by atoms with van der Waals surface area (Å²) in [6, 6.07) is -4.64. The summed E-state index contributed by atoms with van der Waals surface area (Å²) in [5.41, 5.74) is 12.1. The van der Waals surface area contributed by atoms with Crippen LogP contribution in [0.1, 0.15) is 117 Å². The van der Waals surface area contributed by atoms with Crippen LogP contribution in [-0.4, -0.2) is 247 Å². The molecular formula is C67H102N16O19S2. The molecule has 4 rings (SSSR count). The standard InChI is InChI=1S/C67H102N16O19S2/c1-7-34(3)51(62(97)78-47(33-104)60(95)76-45(66(101)102)30-38-15-10-9-11-16-38)79-61(96)48-18-13-27-82(48)64(99)49-19-14-28-83(49)65(100)52(35(4)8-2)80-59(94)46(31-84)77-58(93)44(29-39-20-22-40(86)23-21-39)75-63(98)53(37(6)85)81-54(89)36(5)72-56(91)42(17-12-26-71-67(69)70)74-57(92)43(24-25-50(87)88)73-55(90)41(68)32-103/h9-11,15-16,20-23,34-37,41-49,51-53,84-86,103-104H,7-8,12-14,17-19,24-33,68H2,1-6H3,(H,72,91)(H,73,90)(H,74,92)(H,75,98)(H,76,95)(H,77,93)(H,78,97)(H,79,96)(H,80,94)(H,81,89)(H,87,88)(H,101,102)(H4,69,70,71)/t34-,35-,36-,37+,41-,42-,43-,44-,45-,46-,47-,48-,49-,51-,52-,53-/m0/s1. The van der Waals surface area contributed by atoms with Crippen molar-refractivity contribution in [2.24, 2.45) is 23.3 Å². The molecule has 2 aliphatic heterocycles. The molecule has 37 heteroatoms. The van der Waals surface area contributed by atoms with Crippen molar-refractivity contribution in [2.45, 2.75) is 203 Å². The number of nitrogens with one attached hydrogen (secondary N) is 12. The number of hydrogen-bond acceptors (Lipinski definition) is 21. The quantitative estimate of drug-likeness (QED) is 0.0130. The van der Waals surface area contributed by atoms with Crippen LogP contribution in [0.4, 0.5) is 0 Å². The second-order valence-electron chi connectivity index (χ2n) is 25.9. The number of carbonyl (C=O) groups is 14. The van der Waals surface area contributed by atoms with Crippen LogP contribution in [0.15, 0.2) is 54.6 Å². The monoisotopic (exact) mass is 1500 g/mol. The van der Waals surface area contributed by atoms with E-state index in [2.05, 4.69) is 83.7 Å². The van der Waals surface area contributed by atoms with Crippen molar-refractivity contribution in [3.8, 4) is 5.75 Å². The summed E-state index contributed by atoms with van der Waals surface area (Å²) in [5.74, 6) is -15.5. The number of likely N-dealkylation sites (tertiary alicyclic amines) is 2. The number of guanidine groups is 1. The second kappa shape index (κ2) is 43.1. The van der Waals surface area contributed by atoms with Crippen LogP contribution in [0, 0.1) is 17.2 Å². The van der Waals surface area contributed by atoms with Gasteiger partial charge >= 0.3 is 11.9 Å². The molecule has 35 nitrogen and oxygen atoms in total. The summed E-state index contributed by atoms with van der Waals surface area (Å²) in [7, 11) is 0. The Balaban J connectivity index is 1.50. The van der Waals surface area contributed by atoms with Gasteiger partial charge in [0.05, 0.1) is 18.8 Å². The molecule has 2 heterocycles. The highest BCUT2D eigenvalue weighted by Gasteiger charge is 2.46. The van der Waals surface area contributed by atoms with E-state index in [1.54, 1.807) is 58.0 Å². The minimum atomic E-state index is -1.88. The number of nitrogens with two attached hydrogens (primary N) is 2. The lowest BCUT2D eigenvalue weighted by Crippen LogP contribution is -2.62. The smallest absolute Gasteiger partial charge is 0.326 e. The average molecular weight is 1500 g/mol. The van der Waals surface area contributed by atoms with Gasteiger partial charge in [-0.15, -0.1) is 0 Å². The minimum absolute atomic E-state index is 0.0293. The van der Waals surface area contributed by atoms with Gasteiger partial charge in [0, 0.05) is 50.4 Å². The van der Waals surface area contributed by atoms with E-state index >= 15 is 0 Å². The molecule has 2 saturated heterocycles. The van der Waals surface area contributed by atoms with Crippen molar-refractivity contribution in [1.82, 2.24) is 68.3 Å². The molecule has 0 spiro atoms. The van der Waals surface area contributed by atoms with Gasteiger partial charge in [0.15, 0.2) is 5.96 Å². The van der Waals surface area contributed by atoms with Gasteiger partial charge in [-0.3, -0.25) is 67.7 Å². The molecule has 0 saturated carbocycles. The predicted molar refractivity (Wildman–Crippen MR) is 383 cm³/mol. The third-order valence-corrected chi connectivity index (χ3v) is 18.8. The van der Waals surface area contributed by atoms with Crippen LogP contribution in [0.2, 0.25) is 0 Å². The first kappa shape index (κ1) is 87.1. The van der Waals surface area contributed by atoms with Crippen molar-refractivity contribution in [1.29, 1.82) is 5.41 Å². The highest BCUT2D eigenvalue weighted by atomic mass is 32.1. The van der Waals surface area contributed by atoms with Crippen LogP contribution in [0.25, 0.3) is 0 Å². The third-order valence-electron chi connectivity index (χ3n) is 18.0. The minimum Gasteiger partial charge on any atom is -0.508 e. The number of carboxylic acids is 2. The maximum absolute atomic E-state index is 14.8. The zero-order valence-electron chi connectivity index (χ0n) is 59.1. The Labute approximate surface area is 613 Å². The maximum Gasteiger partial charge on any atom is 0.326 e. The van der Waals surface area contributed by atoms with Gasteiger partial charge in [-0.2, -0.15) is 25.3 Å². The van der Waals surface area contributed by atoms with Crippen molar-refractivity contribution in [3.05, 3.63) is 65.7 Å². The van der Waals surface area contributed by atoms with Crippen molar-refractivity contribution in [2.75, 3.05) is 37.7 Å². The summed E-state index contributed by atoms with van der Waals surface area (Å²) < 4.78 is 0. The maximum atomic E-state index is 14.8. The van der Waals surface area contributed by atoms with E-state index in [4.69, 9.17) is 16.9 Å². The average Bonchev–Trinajstić information content (AvgIpc) is 1.58. The van der Waals surface area contributed by atoms with Crippen LogP contribution in [-0.2, 0) is 80.0 Å². The van der Waals surface area contributed by atoms with E-state index in [0.717, 1.165) is 6.92 Å². The number of nitrogens with zero attached hydrogens (tertiary/aromatic N) is 2. The van der Waals surface area contributed by atoms with E-state index < -0.39 is 205 Å². The number of aliphatic hydroxyl groups is 2. The van der Waals surface area contributed by atoms with Crippen LogP contribution < -0.4 is 70.0 Å². The van der Waals surface area contributed by atoms with Gasteiger partial charge < -0.3 is 105 Å². The Morgan fingerprint density at radius 2 is 1.05 bits per heavy atom. The predicted octanol–water partition coefficient (Wildman–Crippen LogP) is -4.11. The molecule has 21 N–H and O–H groups in total. The molecule has 104 heavy (non-hydrogen) atoms. The number of phenols is 1. The van der Waals surface area contributed by atoms with Crippen LogP contribution in [0.5, 0.6) is 5.75 Å². The third kappa shape index (κ3) is 26.7. The first-order chi connectivity index (χ1) is 49.2. The van der Waals surface area contributed by atoms with Crippen LogP contribution in [0.3, 0.4) is 0 Å². The highest BCUT2D eigenvalue weighted by molar-refractivity contribution is 7.80. The molecule has 0 unspecified atom stereocenters. The van der Waals surface area contributed by atoms with E-state index in [0.29, 0.717) is 30.4 Å². The van der Waals surface area contributed by atoms with Crippen LogP contribution >= 0.6 is 25.3 Å². The number of thiol groups is 2. The summed E-state index contributed by atoms with van der Waals surface area (Å²) in [6.07, 6.45) is -1.53. The topological polar surface area (TPSA) is 555 Å². The number of carboxylic acid groups (broad SMARTS) is 2. The van der Waals surface area contributed by atoms with E-state index in [-0.39, 0.29) is 81.8 Å². The fourth-order valence-electron chi connectivity index (χ4n) is 11.5. The Hall–Kier alpha value is -9.33. The Bertz CT molecular complexity index is 3320. The largest absolute Gasteiger partial charge is 0.508 e. The fourth-order valence-corrected chi connectivity index (χ4v) is 11.9. The van der Waals surface area contributed by atoms with Gasteiger partial charge in [-0.25, -0.2) is 4.79 Å². The zero-order valence-corrected chi connectivity index (χ0v) is 60.8.